The smallest absolute Gasteiger partial charge is 0.165 e. The molecule has 3 nitrogen and oxygen atoms in total. The summed E-state index contributed by atoms with van der Waals surface area (Å²) in [6.45, 7) is 0.804. The third-order valence-corrected chi connectivity index (χ3v) is 4.77. The van der Waals surface area contributed by atoms with Crippen LogP contribution in [0.5, 0.6) is 5.75 Å². The number of benzene rings is 2. The second-order valence-electron chi connectivity index (χ2n) is 6.49. The Hall–Kier alpha value is -2.29. The third-order valence-electron chi connectivity index (χ3n) is 4.77. The number of rotatable bonds is 4. The van der Waals surface area contributed by atoms with Crippen molar-refractivity contribution in [1.82, 2.24) is 0 Å². The molecular weight excluding hydrogens is 286 g/mol. The molecule has 0 atom stereocenters. The predicted octanol–water partition coefficient (Wildman–Crippen LogP) is 4.37. The maximum absolute atomic E-state index is 12.1. The molecular formula is C20H21NO2. The van der Waals surface area contributed by atoms with Crippen molar-refractivity contribution < 1.29 is 9.53 Å². The summed E-state index contributed by atoms with van der Waals surface area (Å²) >= 11 is 0. The molecule has 2 aliphatic rings. The van der Waals surface area contributed by atoms with Crippen molar-refractivity contribution in [2.24, 2.45) is 5.92 Å². The first-order valence-corrected chi connectivity index (χ1v) is 8.36. The van der Waals surface area contributed by atoms with E-state index in [4.69, 9.17) is 4.74 Å². The number of ketones is 1. The zero-order valence-corrected chi connectivity index (χ0v) is 13.4. The molecule has 1 heterocycles. The Labute approximate surface area is 136 Å². The highest BCUT2D eigenvalue weighted by Crippen LogP contribution is 2.34. The van der Waals surface area contributed by atoms with E-state index in [2.05, 4.69) is 23.1 Å². The van der Waals surface area contributed by atoms with Gasteiger partial charge in [-0.15, -0.1) is 0 Å². The van der Waals surface area contributed by atoms with E-state index in [9.17, 15) is 4.79 Å². The van der Waals surface area contributed by atoms with Crippen molar-refractivity contribution in [1.29, 1.82) is 0 Å². The molecule has 1 fully saturated rings. The Bertz CT molecular complexity index is 732. The number of carbonyl (C=O) groups excluding carboxylic acids is 1. The maximum atomic E-state index is 12.1. The van der Waals surface area contributed by atoms with Crippen molar-refractivity contribution in [3.05, 3.63) is 53.6 Å². The van der Waals surface area contributed by atoms with E-state index in [0.717, 1.165) is 55.0 Å². The van der Waals surface area contributed by atoms with Gasteiger partial charge in [0.25, 0.3) is 0 Å². The molecule has 1 aliphatic heterocycles. The van der Waals surface area contributed by atoms with Crippen LogP contribution in [-0.2, 0) is 6.42 Å². The van der Waals surface area contributed by atoms with Gasteiger partial charge >= 0.3 is 0 Å². The molecule has 118 valence electrons. The molecule has 0 radical (unpaired) electrons. The Kier molecular flexibility index (Phi) is 3.56. The standard InChI is InChI=1S/C20H21NO2/c1-21(18-11-6-14-3-2-12-23-19(14)13-18)17-9-7-16(8-10-17)20(22)15-4-5-15/h6-11,13,15H,2-5,12H2,1H3. The minimum absolute atomic E-state index is 0.274. The van der Waals surface area contributed by atoms with Crippen LogP contribution in [0.25, 0.3) is 0 Å². The van der Waals surface area contributed by atoms with Crippen molar-refractivity contribution >= 4 is 17.2 Å². The molecule has 2 aromatic rings. The largest absolute Gasteiger partial charge is 0.493 e. The summed E-state index contributed by atoms with van der Waals surface area (Å²) < 4.78 is 5.76. The van der Waals surface area contributed by atoms with Gasteiger partial charge in [-0.25, -0.2) is 0 Å². The molecule has 0 spiro atoms. The lowest BCUT2D eigenvalue weighted by atomic mass is 10.0. The fourth-order valence-corrected chi connectivity index (χ4v) is 3.12. The summed E-state index contributed by atoms with van der Waals surface area (Å²) in [5.41, 5.74) is 4.30. The number of aryl methyl sites for hydroxylation is 1. The molecule has 23 heavy (non-hydrogen) atoms. The summed E-state index contributed by atoms with van der Waals surface area (Å²) in [6.07, 6.45) is 4.29. The average molecular weight is 307 g/mol. The van der Waals surface area contributed by atoms with Crippen molar-refractivity contribution in [2.45, 2.75) is 25.7 Å². The number of ether oxygens (including phenoxy) is 1. The summed E-state index contributed by atoms with van der Waals surface area (Å²) in [5.74, 6) is 1.57. The van der Waals surface area contributed by atoms with Gasteiger partial charge < -0.3 is 9.64 Å². The molecule has 4 rings (SSSR count). The highest BCUT2D eigenvalue weighted by Gasteiger charge is 2.30. The molecule has 3 heteroatoms. The fourth-order valence-electron chi connectivity index (χ4n) is 3.12. The third kappa shape index (κ3) is 2.83. The van der Waals surface area contributed by atoms with Gasteiger partial charge in [0.1, 0.15) is 5.75 Å². The Morgan fingerprint density at radius 3 is 2.57 bits per heavy atom. The zero-order valence-electron chi connectivity index (χ0n) is 13.4. The predicted molar refractivity (Wildman–Crippen MR) is 91.8 cm³/mol. The normalized spacial score (nSPS) is 16.4. The van der Waals surface area contributed by atoms with Gasteiger partial charge in [-0.2, -0.15) is 0 Å². The second-order valence-corrected chi connectivity index (χ2v) is 6.49. The number of nitrogens with zero attached hydrogens (tertiary/aromatic N) is 1. The summed E-state index contributed by atoms with van der Waals surface area (Å²) in [7, 11) is 2.04. The van der Waals surface area contributed by atoms with Gasteiger partial charge in [-0.3, -0.25) is 4.79 Å². The summed E-state index contributed by atoms with van der Waals surface area (Å²) in [5, 5.41) is 0. The number of carbonyl (C=O) groups is 1. The van der Waals surface area contributed by atoms with Crippen LogP contribution in [-0.4, -0.2) is 19.4 Å². The lowest BCUT2D eigenvalue weighted by molar-refractivity contribution is 0.0967. The van der Waals surface area contributed by atoms with Gasteiger partial charge in [0.05, 0.1) is 6.61 Å². The summed E-state index contributed by atoms with van der Waals surface area (Å²) in [4.78, 5) is 14.2. The quantitative estimate of drug-likeness (QED) is 0.785. The van der Waals surface area contributed by atoms with Gasteiger partial charge in [-0.05, 0) is 61.6 Å². The first kappa shape index (κ1) is 14.3. The molecule has 0 N–H and O–H groups in total. The molecule has 0 unspecified atom stereocenters. The topological polar surface area (TPSA) is 29.5 Å². The van der Waals surface area contributed by atoms with Gasteiger partial charge in [0.15, 0.2) is 5.78 Å². The van der Waals surface area contributed by atoms with Crippen LogP contribution in [0.15, 0.2) is 42.5 Å². The first-order valence-electron chi connectivity index (χ1n) is 8.36. The highest BCUT2D eigenvalue weighted by molar-refractivity contribution is 5.99. The van der Waals surface area contributed by atoms with Crippen LogP contribution in [0.3, 0.4) is 0 Å². The monoisotopic (exact) mass is 307 g/mol. The van der Waals surface area contributed by atoms with Crippen LogP contribution < -0.4 is 9.64 Å². The van der Waals surface area contributed by atoms with E-state index < -0.39 is 0 Å². The molecule has 1 saturated carbocycles. The van der Waals surface area contributed by atoms with E-state index in [1.165, 1.54) is 5.56 Å². The SMILES string of the molecule is CN(c1ccc(C(=O)C2CC2)cc1)c1ccc2c(c1)OCCC2. The molecule has 1 aliphatic carbocycles. The average Bonchev–Trinajstić information content (AvgIpc) is 3.45. The molecule has 0 bridgehead atoms. The number of hydrogen-bond acceptors (Lipinski definition) is 3. The van der Waals surface area contributed by atoms with E-state index in [1.54, 1.807) is 0 Å². The summed E-state index contributed by atoms with van der Waals surface area (Å²) in [6, 6.07) is 14.3. The van der Waals surface area contributed by atoms with Crippen LogP contribution >= 0.6 is 0 Å². The minimum atomic E-state index is 0.274. The van der Waals surface area contributed by atoms with E-state index >= 15 is 0 Å². The molecule has 0 amide bonds. The van der Waals surface area contributed by atoms with E-state index in [0.29, 0.717) is 5.78 Å². The number of Topliss-reactive ketones (excluding diaryl/α,β-unsaturated/α-hetero) is 1. The molecule has 2 aromatic carbocycles. The van der Waals surface area contributed by atoms with Crippen molar-refractivity contribution in [2.75, 3.05) is 18.6 Å². The van der Waals surface area contributed by atoms with E-state index in [1.807, 2.05) is 31.3 Å². The fraction of sp³-hybridized carbons (Fsp3) is 0.350. The lowest BCUT2D eigenvalue weighted by Crippen LogP contribution is -2.12. The van der Waals surface area contributed by atoms with Crippen LogP contribution in [0.2, 0.25) is 0 Å². The first-order chi connectivity index (χ1) is 11.2. The molecule has 0 aromatic heterocycles. The van der Waals surface area contributed by atoms with E-state index in [-0.39, 0.29) is 5.92 Å². The maximum Gasteiger partial charge on any atom is 0.165 e. The minimum Gasteiger partial charge on any atom is -0.493 e. The van der Waals surface area contributed by atoms with Crippen LogP contribution in [0, 0.1) is 5.92 Å². The number of anilines is 2. The van der Waals surface area contributed by atoms with Crippen molar-refractivity contribution in [3.63, 3.8) is 0 Å². The van der Waals surface area contributed by atoms with Gasteiger partial charge in [0.2, 0.25) is 0 Å². The zero-order chi connectivity index (χ0) is 15.8. The Balaban J connectivity index is 1.56. The highest BCUT2D eigenvalue weighted by atomic mass is 16.5. The van der Waals surface area contributed by atoms with Crippen molar-refractivity contribution in [3.8, 4) is 5.75 Å². The molecule has 0 saturated heterocycles. The second kappa shape index (κ2) is 5.73. The lowest BCUT2D eigenvalue weighted by Gasteiger charge is -2.23. The Morgan fingerprint density at radius 2 is 1.83 bits per heavy atom. The number of hydrogen-bond donors (Lipinski definition) is 0. The van der Waals surface area contributed by atoms with Crippen LogP contribution in [0.4, 0.5) is 11.4 Å². The van der Waals surface area contributed by atoms with Crippen LogP contribution in [0.1, 0.15) is 35.2 Å². The Morgan fingerprint density at radius 1 is 1.09 bits per heavy atom. The van der Waals surface area contributed by atoms with Gasteiger partial charge in [0, 0.05) is 36.0 Å². The number of fused-ring (bicyclic) bond motifs is 1. The van der Waals surface area contributed by atoms with Gasteiger partial charge in [-0.1, -0.05) is 6.07 Å².